The van der Waals surface area contributed by atoms with Crippen molar-refractivity contribution >= 4 is 17.3 Å². The molecule has 1 amide bonds. The predicted octanol–water partition coefficient (Wildman–Crippen LogP) is 4.01. The van der Waals surface area contributed by atoms with Gasteiger partial charge in [0.15, 0.2) is 5.82 Å². The third kappa shape index (κ3) is 5.22. The summed E-state index contributed by atoms with van der Waals surface area (Å²) in [6.45, 7) is 0. The maximum atomic E-state index is 12.4. The van der Waals surface area contributed by atoms with Crippen LogP contribution >= 0.6 is 0 Å². The molecule has 1 aromatic carbocycles. The van der Waals surface area contributed by atoms with E-state index in [-0.39, 0.29) is 12.1 Å². The second-order valence-electron chi connectivity index (χ2n) is 7.45. The molecule has 0 bridgehead atoms. The highest BCUT2D eigenvalue weighted by Gasteiger charge is 2.27. The van der Waals surface area contributed by atoms with Crippen LogP contribution in [0.25, 0.3) is 28.3 Å². The van der Waals surface area contributed by atoms with Gasteiger partial charge in [0.25, 0.3) is 5.91 Å². The van der Waals surface area contributed by atoms with E-state index in [0.29, 0.717) is 22.6 Å². The third-order valence-electron chi connectivity index (χ3n) is 4.99. The molecule has 0 fully saturated rings. The summed E-state index contributed by atoms with van der Waals surface area (Å²) in [4.78, 5) is 36.1. The van der Waals surface area contributed by atoms with Crippen molar-refractivity contribution in [2.24, 2.45) is 5.73 Å². The van der Waals surface area contributed by atoms with Crippen LogP contribution in [0.5, 0.6) is 0 Å². The molecular formula is C23H18F3N5O2. The topological polar surface area (TPSA) is 103 Å². The number of hydrogen-bond donors (Lipinski definition) is 1. The van der Waals surface area contributed by atoms with E-state index in [0.717, 1.165) is 11.3 Å². The van der Waals surface area contributed by atoms with E-state index in [4.69, 9.17) is 5.73 Å². The Morgan fingerprint density at radius 3 is 2.61 bits per heavy atom. The number of rotatable bonds is 7. The summed E-state index contributed by atoms with van der Waals surface area (Å²) < 4.78 is 38.9. The highest BCUT2D eigenvalue weighted by Crippen LogP contribution is 2.26. The maximum absolute atomic E-state index is 12.4. The van der Waals surface area contributed by atoms with Crippen LogP contribution in [0.2, 0.25) is 0 Å². The molecule has 0 radical (unpaired) electrons. The number of halogens is 3. The SMILES string of the molecule is NC(=O)c1ccnc(-c2ccn3c(-c4cccc(CC(=O)CCC(F)(F)F)c4)cnc3c2)n1. The summed E-state index contributed by atoms with van der Waals surface area (Å²) in [5.41, 5.74) is 8.77. The lowest BCUT2D eigenvalue weighted by Gasteiger charge is -2.08. The lowest BCUT2D eigenvalue weighted by Crippen LogP contribution is -2.13. The monoisotopic (exact) mass is 453 g/mol. The van der Waals surface area contributed by atoms with Crippen molar-refractivity contribution in [2.45, 2.75) is 25.4 Å². The molecule has 0 aliphatic rings. The van der Waals surface area contributed by atoms with Crippen LogP contribution in [-0.4, -0.2) is 37.2 Å². The van der Waals surface area contributed by atoms with Gasteiger partial charge in [0.05, 0.1) is 18.3 Å². The third-order valence-corrected chi connectivity index (χ3v) is 4.99. The van der Waals surface area contributed by atoms with Crippen LogP contribution in [0, 0.1) is 0 Å². The molecule has 4 aromatic rings. The molecule has 2 N–H and O–H groups in total. The Morgan fingerprint density at radius 1 is 1.03 bits per heavy atom. The van der Waals surface area contributed by atoms with Crippen molar-refractivity contribution in [2.75, 3.05) is 0 Å². The van der Waals surface area contributed by atoms with Gasteiger partial charge in [0.1, 0.15) is 17.1 Å². The minimum Gasteiger partial charge on any atom is -0.364 e. The van der Waals surface area contributed by atoms with E-state index in [2.05, 4.69) is 15.0 Å². The molecule has 0 atom stereocenters. The molecule has 3 heterocycles. The number of Topliss-reactive ketones (excluding diaryl/α,β-unsaturated/α-hetero) is 1. The highest BCUT2D eigenvalue weighted by atomic mass is 19.4. The van der Waals surface area contributed by atoms with Gasteiger partial charge in [0, 0.05) is 36.4 Å². The number of nitrogens with zero attached hydrogens (tertiary/aromatic N) is 4. The zero-order valence-electron chi connectivity index (χ0n) is 17.2. The number of aromatic nitrogens is 4. The molecule has 3 aromatic heterocycles. The van der Waals surface area contributed by atoms with Crippen LogP contribution < -0.4 is 5.73 Å². The first-order valence-corrected chi connectivity index (χ1v) is 9.98. The van der Waals surface area contributed by atoms with Crippen molar-refractivity contribution in [3.63, 3.8) is 0 Å². The Morgan fingerprint density at radius 2 is 1.85 bits per heavy atom. The van der Waals surface area contributed by atoms with Gasteiger partial charge in [-0.25, -0.2) is 15.0 Å². The fourth-order valence-corrected chi connectivity index (χ4v) is 3.41. The number of nitrogens with two attached hydrogens (primary N) is 1. The summed E-state index contributed by atoms with van der Waals surface area (Å²) in [7, 11) is 0. The van der Waals surface area contributed by atoms with E-state index in [9.17, 15) is 22.8 Å². The molecule has 4 rings (SSSR count). The Balaban J connectivity index is 1.58. The smallest absolute Gasteiger partial charge is 0.364 e. The number of hydrogen-bond acceptors (Lipinski definition) is 5. The van der Waals surface area contributed by atoms with Gasteiger partial charge in [0.2, 0.25) is 0 Å². The van der Waals surface area contributed by atoms with Crippen molar-refractivity contribution in [3.05, 3.63) is 72.3 Å². The number of carbonyl (C=O) groups excluding carboxylic acids is 2. The lowest BCUT2D eigenvalue weighted by molar-refractivity contribution is -0.143. The van der Waals surface area contributed by atoms with Gasteiger partial charge >= 0.3 is 6.18 Å². The van der Waals surface area contributed by atoms with Gasteiger partial charge in [-0.3, -0.25) is 14.0 Å². The van der Waals surface area contributed by atoms with Gasteiger partial charge in [-0.05, 0) is 29.8 Å². The molecule has 0 saturated heterocycles. The number of benzene rings is 1. The Hall–Kier alpha value is -4.08. The Kier molecular flexibility index (Phi) is 5.91. The molecular weight excluding hydrogens is 435 g/mol. The number of carbonyl (C=O) groups is 2. The molecule has 7 nitrogen and oxygen atoms in total. The van der Waals surface area contributed by atoms with Crippen molar-refractivity contribution in [3.8, 4) is 22.6 Å². The number of fused-ring (bicyclic) bond motifs is 1. The summed E-state index contributed by atoms with van der Waals surface area (Å²) >= 11 is 0. The number of pyridine rings is 1. The van der Waals surface area contributed by atoms with Crippen molar-refractivity contribution in [1.82, 2.24) is 19.4 Å². The lowest BCUT2D eigenvalue weighted by atomic mass is 10.0. The van der Waals surface area contributed by atoms with Gasteiger partial charge < -0.3 is 5.73 Å². The number of amides is 1. The van der Waals surface area contributed by atoms with Gasteiger partial charge in [-0.15, -0.1) is 0 Å². The largest absolute Gasteiger partial charge is 0.389 e. The number of alkyl halides is 3. The summed E-state index contributed by atoms with van der Waals surface area (Å²) in [6, 6.07) is 12.0. The van der Waals surface area contributed by atoms with Crippen LogP contribution in [0.4, 0.5) is 13.2 Å². The normalized spacial score (nSPS) is 11.6. The minimum absolute atomic E-state index is 0.0711. The van der Waals surface area contributed by atoms with E-state index in [1.54, 1.807) is 42.7 Å². The van der Waals surface area contributed by atoms with Crippen LogP contribution in [-0.2, 0) is 11.2 Å². The fraction of sp³-hybridized carbons (Fsp3) is 0.174. The molecule has 10 heteroatoms. The number of primary amides is 1. The van der Waals surface area contributed by atoms with Crippen molar-refractivity contribution < 1.29 is 22.8 Å². The van der Waals surface area contributed by atoms with Crippen LogP contribution in [0.3, 0.4) is 0 Å². The number of imidazole rings is 1. The average Bonchev–Trinajstić information content (AvgIpc) is 3.21. The second-order valence-corrected chi connectivity index (χ2v) is 7.45. The zero-order valence-corrected chi connectivity index (χ0v) is 17.2. The quantitative estimate of drug-likeness (QED) is 0.455. The van der Waals surface area contributed by atoms with E-state index in [1.807, 2.05) is 10.5 Å². The summed E-state index contributed by atoms with van der Waals surface area (Å²) in [5, 5.41) is 0. The molecule has 33 heavy (non-hydrogen) atoms. The van der Waals surface area contributed by atoms with Crippen molar-refractivity contribution in [1.29, 1.82) is 0 Å². The van der Waals surface area contributed by atoms with Crippen LogP contribution in [0.1, 0.15) is 28.9 Å². The van der Waals surface area contributed by atoms with E-state index < -0.39 is 30.7 Å². The van der Waals surface area contributed by atoms with Crippen LogP contribution in [0.15, 0.2) is 61.1 Å². The highest BCUT2D eigenvalue weighted by molar-refractivity contribution is 5.91. The fourth-order valence-electron chi connectivity index (χ4n) is 3.41. The first-order chi connectivity index (χ1) is 15.7. The van der Waals surface area contributed by atoms with Gasteiger partial charge in [-0.2, -0.15) is 13.2 Å². The molecule has 0 aliphatic heterocycles. The second kappa shape index (κ2) is 8.81. The predicted molar refractivity (Wildman–Crippen MR) is 114 cm³/mol. The first-order valence-electron chi connectivity index (χ1n) is 9.98. The standard InChI is InChI=1S/C23H18F3N5O2/c24-23(25,26)7-4-17(32)11-14-2-1-3-15(10-14)19-13-29-20-12-16(6-9-31(19)20)22-28-8-5-18(30-22)21(27)33/h1-3,5-6,8-10,12-13H,4,7,11H2,(H2,27,33). The molecule has 0 unspecified atom stereocenters. The van der Waals surface area contributed by atoms with E-state index in [1.165, 1.54) is 12.3 Å². The first kappa shape index (κ1) is 22.1. The summed E-state index contributed by atoms with van der Waals surface area (Å²) in [6.07, 6.45) is -1.19. The maximum Gasteiger partial charge on any atom is 0.389 e. The molecule has 0 saturated carbocycles. The Labute approximate surface area is 186 Å². The number of ketones is 1. The molecule has 0 spiro atoms. The van der Waals surface area contributed by atoms with E-state index >= 15 is 0 Å². The summed E-state index contributed by atoms with van der Waals surface area (Å²) in [5.74, 6) is -0.789. The Bertz CT molecular complexity index is 1350. The zero-order chi connectivity index (χ0) is 23.6. The minimum atomic E-state index is -4.35. The molecule has 0 aliphatic carbocycles. The molecule has 168 valence electrons. The van der Waals surface area contributed by atoms with Gasteiger partial charge in [-0.1, -0.05) is 18.2 Å². The average molecular weight is 453 g/mol.